The van der Waals surface area contributed by atoms with E-state index in [1.165, 1.54) is 18.1 Å². The summed E-state index contributed by atoms with van der Waals surface area (Å²) in [5.41, 5.74) is 0.746. The first-order valence-corrected chi connectivity index (χ1v) is 7.78. The second-order valence-corrected chi connectivity index (χ2v) is 5.74. The summed E-state index contributed by atoms with van der Waals surface area (Å²) in [6, 6.07) is 5.22. The van der Waals surface area contributed by atoms with Crippen LogP contribution in [0.2, 0.25) is 5.02 Å². The maximum atomic E-state index is 12.6. The molecule has 1 aromatic heterocycles. The summed E-state index contributed by atoms with van der Waals surface area (Å²) in [4.78, 5) is 27.9. The van der Waals surface area contributed by atoms with Crippen molar-refractivity contribution in [3.05, 3.63) is 35.1 Å². The topological polar surface area (TPSA) is 98.1 Å². The lowest BCUT2D eigenvalue weighted by Crippen LogP contribution is -2.27. The summed E-state index contributed by atoms with van der Waals surface area (Å²) < 4.78 is 6.90. The Morgan fingerprint density at radius 3 is 3.08 bits per heavy atom. The van der Waals surface area contributed by atoms with Crippen LogP contribution in [-0.4, -0.2) is 40.2 Å². The molecule has 24 heavy (non-hydrogen) atoms. The summed E-state index contributed by atoms with van der Waals surface area (Å²) in [5.74, 6) is -0.0218. The van der Waals surface area contributed by atoms with Gasteiger partial charge >= 0.3 is 0 Å². The zero-order valence-corrected chi connectivity index (χ0v) is 13.7. The first kappa shape index (κ1) is 16.3. The number of fused-ring (bicyclic) bond motifs is 1. The van der Waals surface area contributed by atoms with Crippen LogP contribution in [0.25, 0.3) is 0 Å². The monoisotopic (exact) mass is 349 g/mol. The molecule has 0 saturated carbocycles. The highest BCUT2D eigenvalue weighted by atomic mass is 35.5. The molecule has 0 saturated heterocycles. The van der Waals surface area contributed by atoms with Crippen molar-refractivity contribution in [2.24, 2.45) is 0 Å². The van der Waals surface area contributed by atoms with Crippen molar-refractivity contribution in [3.8, 4) is 5.75 Å². The minimum atomic E-state index is -0.390. The zero-order chi connectivity index (χ0) is 17.1. The van der Waals surface area contributed by atoms with E-state index in [9.17, 15) is 9.59 Å². The molecule has 0 unspecified atom stereocenters. The first-order chi connectivity index (χ1) is 11.6. The van der Waals surface area contributed by atoms with E-state index in [2.05, 4.69) is 20.7 Å². The van der Waals surface area contributed by atoms with E-state index in [0.29, 0.717) is 23.8 Å². The normalized spacial score (nSPS) is 16.0. The third-order valence-corrected chi connectivity index (χ3v) is 3.92. The Kier molecular flexibility index (Phi) is 4.66. The highest BCUT2D eigenvalue weighted by Gasteiger charge is 2.28. The van der Waals surface area contributed by atoms with E-state index >= 15 is 0 Å². The lowest BCUT2D eigenvalue weighted by Gasteiger charge is -2.24. The summed E-state index contributed by atoms with van der Waals surface area (Å²) in [6.45, 7) is 0.486. The van der Waals surface area contributed by atoms with Crippen molar-refractivity contribution in [3.63, 3.8) is 0 Å². The van der Waals surface area contributed by atoms with Crippen LogP contribution in [0.5, 0.6) is 5.75 Å². The van der Waals surface area contributed by atoms with E-state index in [0.717, 1.165) is 5.56 Å². The average Bonchev–Trinajstić information content (AvgIpc) is 3.00. The van der Waals surface area contributed by atoms with Gasteiger partial charge in [-0.05, 0) is 24.6 Å². The number of likely N-dealkylation sites (N-methyl/N-ethyl adjacent to an activating group) is 1. The van der Waals surface area contributed by atoms with E-state index in [1.54, 1.807) is 18.2 Å². The van der Waals surface area contributed by atoms with E-state index < -0.39 is 5.92 Å². The lowest BCUT2D eigenvalue weighted by molar-refractivity contribution is -0.121. The van der Waals surface area contributed by atoms with Gasteiger partial charge in [-0.1, -0.05) is 11.6 Å². The van der Waals surface area contributed by atoms with Crippen LogP contribution in [0.4, 0.5) is 5.95 Å². The van der Waals surface area contributed by atoms with Crippen LogP contribution in [0.3, 0.4) is 0 Å². The number of nitrogens with one attached hydrogen (secondary N) is 2. The van der Waals surface area contributed by atoms with E-state index in [4.69, 9.17) is 16.3 Å². The Labute approximate surface area is 143 Å². The Bertz CT molecular complexity index is 776. The number of ether oxygens (including phenoxy) is 1. The number of anilines is 1. The Morgan fingerprint density at radius 2 is 2.29 bits per heavy atom. The van der Waals surface area contributed by atoms with Gasteiger partial charge in [0.1, 0.15) is 18.6 Å². The SMILES string of the molecule is CNC(=O)Cn1cnc(NC(=O)[C@H]2CCOc3ccc(Cl)cc32)n1. The zero-order valence-electron chi connectivity index (χ0n) is 13.0. The standard InChI is InChI=1S/C15H16ClN5O3/c1-17-13(22)7-21-8-18-15(20-21)19-14(23)10-4-5-24-12-3-2-9(16)6-11(10)12/h2-3,6,8,10H,4-5,7H2,1H3,(H,17,22)(H,19,20,23)/t10-/m0/s1. The van der Waals surface area contributed by atoms with Crippen LogP contribution in [0.15, 0.2) is 24.5 Å². The van der Waals surface area contributed by atoms with Gasteiger partial charge in [-0.2, -0.15) is 0 Å². The smallest absolute Gasteiger partial charge is 0.248 e. The third-order valence-electron chi connectivity index (χ3n) is 3.68. The van der Waals surface area contributed by atoms with Crippen LogP contribution in [0, 0.1) is 0 Å². The summed E-state index contributed by atoms with van der Waals surface area (Å²) in [5, 5.41) is 9.77. The van der Waals surface area contributed by atoms with Gasteiger partial charge in [0, 0.05) is 17.6 Å². The van der Waals surface area contributed by atoms with Gasteiger partial charge in [-0.15, -0.1) is 5.10 Å². The number of halogens is 1. The maximum absolute atomic E-state index is 12.6. The van der Waals surface area contributed by atoms with Crippen molar-refractivity contribution in [2.45, 2.75) is 18.9 Å². The predicted molar refractivity (Wildman–Crippen MR) is 87.0 cm³/mol. The molecule has 8 nitrogen and oxygen atoms in total. The van der Waals surface area contributed by atoms with Crippen molar-refractivity contribution >= 4 is 29.4 Å². The van der Waals surface area contributed by atoms with Crippen LogP contribution < -0.4 is 15.4 Å². The first-order valence-electron chi connectivity index (χ1n) is 7.40. The largest absolute Gasteiger partial charge is 0.493 e. The van der Waals surface area contributed by atoms with E-state index in [1.807, 2.05) is 0 Å². The molecule has 2 heterocycles. The Balaban J connectivity index is 1.72. The van der Waals surface area contributed by atoms with Gasteiger partial charge in [0.25, 0.3) is 0 Å². The van der Waals surface area contributed by atoms with Crippen molar-refractivity contribution in [2.75, 3.05) is 19.0 Å². The molecular formula is C15H16ClN5O3. The number of aromatic nitrogens is 3. The van der Waals surface area contributed by atoms with E-state index in [-0.39, 0.29) is 24.3 Å². The van der Waals surface area contributed by atoms with Crippen molar-refractivity contribution in [1.29, 1.82) is 0 Å². The summed E-state index contributed by atoms with van der Waals surface area (Å²) in [7, 11) is 1.54. The second kappa shape index (κ2) is 6.88. The molecule has 1 atom stereocenters. The van der Waals surface area contributed by atoms with Crippen molar-refractivity contribution in [1.82, 2.24) is 20.1 Å². The third kappa shape index (κ3) is 3.48. The van der Waals surface area contributed by atoms with Gasteiger partial charge in [0.15, 0.2) is 0 Å². The fourth-order valence-electron chi connectivity index (χ4n) is 2.49. The molecule has 126 valence electrons. The summed E-state index contributed by atoms with van der Waals surface area (Å²) >= 11 is 6.02. The van der Waals surface area contributed by atoms with Gasteiger partial charge in [0.05, 0.1) is 12.5 Å². The van der Waals surface area contributed by atoms with Crippen LogP contribution in [0.1, 0.15) is 17.9 Å². The molecule has 0 bridgehead atoms. The number of carbonyl (C=O) groups excluding carboxylic acids is 2. The molecule has 0 spiro atoms. The van der Waals surface area contributed by atoms with Gasteiger partial charge in [-0.3, -0.25) is 14.9 Å². The Morgan fingerprint density at radius 1 is 1.46 bits per heavy atom. The fraction of sp³-hybridized carbons (Fsp3) is 0.333. The molecule has 0 radical (unpaired) electrons. The maximum Gasteiger partial charge on any atom is 0.248 e. The van der Waals surface area contributed by atoms with Crippen LogP contribution >= 0.6 is 11.6 Å². The van der Waals surface area contributed by atoms with Crippen molar-refractivity contribution < 1.29 is 14.3 Å². The molecule has 2 N–H and O–H groups in total. The van der Waals surface area contributed by atoms with Gasteiger partial charge in [-0.25, -0.2) is 9.67 Å². The molecule has 9 heteroatoms. The fourth-order valence-corrected chi connectivity index (χ4v) is 2.67. The number of hydrogen-bond donors (Lipinski definition) is 2. The number of benzene rings is 1. The quantitative estimate of drug-likeness (QED) is 0.863. The summed E-state index contributed by atoms with van der Waals surface area (Å²) in [6.07, 6.45) is 1.93. The highest BCUT2D eigenvalue weighted by molar-refractivity contribution is 6.30. The minimum absolute atomic E-state index is 0.0368. The molecule has 2 aromatic rings. The Hall–Kier alpha value is -2.61. The highest BCUT2D eigenvalue weighted by Crippen LogP contribution is 2.36. The molecule has 1 aromatic carbocycles. The molecule has 0 fully saturated rings. The molecule has 0 aliphatic carbocycles. The molecule has 3 rings (SSSR count). The second-order valence-electron chi connectivity index (χ2n) is 5.30. The van der Waals surface area contributed by atoms with Gasteiger partial charge in [0.2, 0.25) is 17.8 Å². The number of nitrogens with zero attached hydrogens (tertiary/aromatic N) is 3. The van der Waals surface area contributed by atoms with Gasteiger partial charge < -0.3 is 10.1 Å². The molecule has 1 aliphatic heterocycles. The number of amides is 2. The number of rotatable bonds is 4. The predicted octanol–water partition coefficient (Wildman–Crippen LogP) is 1.18. The molecule has 1 aliphatic rings. The minimum Gasteiger partial charge on any atom is -0.493 e. The molecular weight excluding hydrogens is 334 g/mol. The molecule has 2 amide bonds. The number of hydrogen-bond acceptors (Lipinski definition) is 5. The lowest BCUT2D eigenvalue weighted by atomic mass is 9.92. The number of carbonyl (C=O) groups is 2. The average molecular weight is 350 g/mol. The van der Waals surface area contributed by atoms with Crippen LogP contribution in [-0.2, 0) is 16.1 Å².